The first-order valence-corrected chi connectivity index (χ1v) is 12.3. The number of para-hydroxylation sites is 2. The molecule has 0 aliphatic heterocycles. The largest absolute Gasteiger partial charge is 0.422 e. The van der Waals surface area contributed by atoms with Gasteiger partial charge in [0.05, 0.1) is 11.1 Å². The summed E-state index contributed by atoms with van der Waals surface area (Å²) in [6.45, 7) is 0. The molecule has 0 radical (unpaired) electrons. The molecule has 0 atom stereocenters. The number of ether oxygens (including phenoxy) is 2. The Balaban J connectivity index is 1.35. The third kappa shape index (κ3) is 5.41. The molecule has 0 aliphatic rings. The fourth-order valence-corrected chi connectivity index (χ4v) is 4.24. The van der Waals surface area contributed by atoms with E-state index in [1.54, 1.807) is 48.5 Å². The fourth-order valence-electron chi connectivity index (χ4n) is 4.24. The molecule has 5 aromatic rings. The molecule has 0 bridgehead atoms. The highest BCUT2D eigenvalue weighted by Gasteiger charge is 2.18. The van der Waals surface area contributed by atoms with Crippen molar-refractivity contribution in [1.29, 1.82) is 0 Å². The average molecular weight is 531 g/mol. The van der Waals surface area contributed by atoms with Crippen molar-refractivity contribution in [2.75, 3.05) is 22.9 Å². The van der Waals surface area contributed by atoms with Gasteiger partial charge in [0, 0.05) is 45.0 Å². The van der Waals surface area contributed by atoms with Gasteiger partial charge in [-0.25, -0.2) is 9.59 Å². The van der Waals surface area contributed by atoms with Crippen molar-refractivity contribution in [2.24, 2.45) is 0 Å². The summed E-state index contributed by atoms with van der Waals surface area (Å²) >= 11 is 0. The van der Waals surface area contributed by atoms with E-state index < -0.39 is 11.9 Å². The van der Waals surface area contributed by atoms with E-state index in [9.17, 15) is 9.59 Å². The van der Waals surface area contributed by atoms with E-state index in [1.807, 2.05) is 36.4 Å². The number of hydrogen-bond acceptors (Lipinski definition) is 8. The number of rotatable bonds is 6. The smallest absolute Gasteiger partial charge is 0.343 e. The summed E-state index contributed by atoms with van der Waals surface area (Å²) in [6.07, 6.45) is 0. The predicted octanol–water partition coefficient (Wildman–Crippen LogP) is 5.79. The molecule has 0 spiro atoms. The van der Waals surface area contributed by atoms with Gasteiger partial charge in [0.25, 0.3) is 0 Å². The maximum absolute atomic E-state index is 13.0. The lowest BCUT2D eigenvalue weighted by Crippen LogP contribution is -2.12. The molecule has 8 nitrogen and oxygen atoms in total. The van der Waals surface area contributed by atoms with Crippen LogP contribution in [0.3, 0.4) is 0 Å². The van der Waals surface area contributed by atoms with Crippen molar-refractivity contribution in [2.45, 2.75) is 0 Å². The number of carbonyl (C=O) groups is 2. The number of nitrogens with two attached hydrogens (primary N) is 4. The zero-order valence-corrected chi connectivity index (χ0v) is 21.3. The number of benzene rings is 5. The third-order valence-corrected chi connectivity index (χ3v) is 6.27. The van der Waals surface area contributed by atoms with Gasteiger partial charge in [0.2, 0.25) is 0 Å². The molecule has 0 fully saturated rings. The maximum Gasteiger partial charge on any atom is 0.343 e. The quantitative estimate of drug-likeness (QED) is 0.122. The first-order valence-electron chi connectivity index (χ1n) is 12.3. The summed E-state index contributed by atoms with van der Waals surface area (Å²) in [5, 5.41) is 0. The highest BCUT2D eigenvalue weighted by Crippen LogP contribution is 2.37. The lowest BCUT2D eigenvalue weighted by atomic mass is 10.0. The highest BCUT2D eigenvalue weighted by atomic mass is 16.5. The van der Waals surface area contributed by atoms with Gasteiger partial charge in [-0.3, -0.25) is 0 Å². The van der Waals surface area contributed by atoms with Gasteiger partial charge in [0.15, 0.2) is 0 Å². The molecule has 0 saturated heterocycles. The van der Waals surface area contributed by atoms with Crippen LogP contribution in [-0.2, 0) is 0 Å². The summed E-state index contributed by atoms with van der Waals surface area (Å²) in [6, 6.07) is 30.3. The second-order valence-electron chi connectivity index (χ2n) is 9.04. The molecular weight excluding hydrogens is 504 g/mol. The van der Waals surface area contributed by atoms with Gasteiger partial charge >= 0.3 is 11.9 Å². The molecule has 40 heavy (non-hydrogen) atoms. The molecule has 8 N–H and O–H groups in total. The Morgan fingerprint density at radius 2 is 0.825 bits per heavy atom. The van der Waals surface area contributed by atoms with Crippen LogP contribution < -0.4 is 32.4 Å². The Morgan fingerprint density at radius 1 is 0.450 bits per heavy atom. The van der Waals surface area contributed by atoms with Crippen molar-refractivity contribution >= 4 is 34.7 Å². The molecule has 0 saturated carbocycles. The average Bonchev–Trinajstić information content (AvgIpc) is 2.95. The first-order chi connectivity index (χ1) is 19.3. The van der Waals surface area contributed by atoms with E-state index in [0.717, 1.165) is 0 Å². The monoisotopic (exact) mass is 530 g/mol. The zero-order valence-electron chi connectivity index (χ0n) is 21.3. The summed E-state index contributed by atoms with van der Waals surface area (Å²) in [4.78, 5) is 26.0. The molecule has 0 aliphatic carbocycles. The topological polar surface area (TPSA) is 157 Å². The van der Waals surface area contributed by atoms with E-state index in [4.69, 9.17) is 32.4 Å². The zero-order chi connectivity index (χ0) is 28.2. The number of nitrogen functional groups attached to an aromatic ring is 4. The van der Waals surface area contributed by atoms with Crippen LogP contribution in [0.2, 0.25) is 0 Å². The standard InChI is InChI=1S/C32H26N4O4/c33-21-13-15-29(25(17-21)23-5-1-3-7-27(23)35)39-31(37)19-9-11-20(12-10-19)32(38)40-30-16-14-22(34)18-26(30)24-6-2-4-8-28(24)36/h1-18H,33-36H2. The lowest BCUT2D eigenvalue weighted by Gasteiger charge is -2.14. The van der Waals surface area contributed by atoms with Crippen LogP contribution in [0.1, 0.15) is 20.7 Å². The Bertz CT molecular complexity index is 1600. The molecule has 5 rings (SSSR count). The number of hydrogen-bond donors (Lipinski definition) is 4. The van der Waals surface area contributed by atoms with E-state index >= 15 is 0 Å². The van der Waals surface area contributed by atoms with Crippen molar-refractivity contribution in [3.8, 4) is 33.8 Å². The van der Waals surface area contributed by atoms with E-state index in [-0.39, 0.29) is 11.1 Å². The van der Waals surface area contributed by atoms with Crippen LogP contribution in [-0.4, -0.2) is 11.9 Å². The second kappa shape index (κ2) is 10.9. The number of esters is 2. The van der Waals surface area contributed by atoms with E-state index in [0.29, 0.717) is 56.5 Å². The fraction of sp³-hybridized carbons (Fsp3) is 0. The van der Waals surface area contributed by atoms with Crippen molar-refractivity contribution in [1.82, 2.24) is 0 Å². The summed E-state index contributed by atoms with van der Waals surface area (Å²) in [7, 11) is 0. The molecule has 0 amide bonds. The van der Waals surface area contributed by atoms with Crippen LogP contribution >= 0.6 is 0 Å². The van der Waals surface area contributed by atoms with Crippen LogP contribution in [0, 0.1) is 0 Å². The number of anilines is 4. The van der Waals surface area contributed by atoms with E-state index in [1.165, 1.54) is 24.3 Å². The van der Waals surface area contributed by atoms with Gasteiger partial charge in [-0.05, 0) is 72.8 Å². The molecule has 0 unspecified atom stereocenters. The van der Waals surface area contributed by atoms with Crippen LogP contribution in [0.25, 0.3) is 22.3 Å². The summed E-state index contributed by atoms with van der Waals surface area (Å²) < 4.78 is 11.4. The van der Waals surface area contributed by atoms with Crippen molar-refractivity contribution in [3.63, 3.8) is 0 Å². The minimum absolute atomic E-state index is 0.241. The summed E-state index contributed by atoms with van der Waals surface area (Å²) in [5.74, 6) is -0.616. The van der Waals surface area contributed by atoms with Gasteiger partial charge in [0.1, 0.15) is 11.5 Å². The van der Waals surface area contributed by atoms with Gasteiger partial charge in [-0.15, -0.1) is 0 Å². The Kier molecular flexibility index (Phi) is 7.07. The van der Waals surface area contributed by atoms with Crippen LogP contribution in [0.4, 0.5) is 22.7 Å². The Labute approximate surface area is 230 Å². The third-order valence-electron chi connectivity index (χ3n) is 6.27. The SMILES string of the molecule is Nc1ccc(OC(=O)c2ccc(C(=O)Oc3ccc(N)cc3-c3ccccc3N)cc2)c(-c2ccccc2N)c1. The highest BCUT2D eigenvalue weighted by molar-refractivity contribution is 5.96. The van der Waals surface area contributed by atoms with Gasteiger partial charge < -0.3 is 32.4 Å². The van der Waals surface area contributed by atoms with Gasteiger partial charge in [-0.1, -0.05) is 36.4 Å². The molecule has 5 aromatic carbocycles. The van der Waals surface area contributed by atoms with Crippen molar-refractivity contribution < 1.29 is 19.1 Å². The predicted molar refractivity (Wildman–Crippen MR) is 158 cm³/mol. The second-order valence-corrected chi connectivity index (χ2v) is 9.04. The first kappa shape index (κ1) is 25.9. The Morgan fingerprint density at radius 3 is 1.20 bits per heavy atom. The number of carbonyl (C=O) groups excluding carboxylic acids is 2. The van der Waals surface area contributed by atoms with Crippen LogP contribution in [0.5, 0.6) is 11.5 Å². The Hall–Kier alpha value is -5.76. The molecule has 198 valence electrons. The maximum atomic E-state index is 13.0. The van der Waals surface area contributed by atoms with Gasteiger partial charge in [-0.2, -0.15) is 0 Å². The van der Waals surface area contributed by atoms with E-state index in [2.05, 4.69) is 0 Å². The summed E-state index contributed by atoms with van der Waals surface area (Å²) in [5.41, 5.74) is 29.3. The normalized spacial score (nSPS) is 10.6. The molecular formula is C32H26N4O4. The lowest BCUT2D eigenvalue weighted by molar-refractivity contribution is 0.0721. The minimum atomic E-state index is -0.610. The van der Waals surface area contributed by atoms with Crippen LogP contribution in [0.15, 0.2) is 109 Å². The molecule has 0 heterocycles. The van der Waals surface area contributed by atoms with Crippen molar-refractivity contribution in [3.05, 3.63) is 120 Å². The molecule has 0 aromatic heterocycles. The minimum Gasteiger partial charge on any atom is -0.422 e. The molecule has 8 heteroatoms.